The number of nitrogens with zero attached hydrogens (tertiary/aromatic N) is 2. The molecule has 0 aliphatic carbocycles. The van der Waals surface area contributed by atoms with Crippen molar-refractivity contribution in [2.45, 2.75) is 27.7 Å². The monoisotopic (exact) mass is 317 g/mol. The number of thiophene rings is 1. The minimum atomic E-state index is 0.750. The summed E-state index contributed by atoms with van der Waals surface area (Å²) in [6.07, 6.45) is 0. The quantitative estimate of drug-likeness (QED) is 0.695. The van der Waals surface area contributed by atoms with Crippen LogP contribution in [0.1, 0.15) is 21.8 Å². The van der Waals surface area contributed by atoms with E-state index in [9.17, 15) is 0 Å². The van der Waals surface area contributed by atoms with Crippen molar-refractivity contribution in [3.8, 4) is 0 Å². The van der Waals surface area contributed by atoms with Crippen LogP contribution in [0.25, 0.3) is 10.2 Å². The van der Waals surface area contributed by atoms with Crippen LogP contribution in [0.4, 0.5) is 11.5 Å². The van der Waals surface area contributed by atoms with Crippen molar-refractivity contribution in [2.75, 3.05) is 5.32 Å². The highest BCUT2D eigenvalue weighted by atomic mass is 35.5. The van der Waals surface area contributed by atoms with Gasteiger partial charge in [0.1, 0.15) is 16.5 Å². The van der Waals surface area contributed by atoms with E-state index in [-0.39, 0.29) is 0 Å². The van der Waals surface area contributed by atoms with Gasteiger partial charge in [0.15, 0.2) is 0 Å². The fourth-order valence-electron chi connectivity index (χ4n) is 2.32. The highest BCUT2D eigenvalue weighted by molar-refractivity contribution is 7.18. The molecule has 2 aromatic heterocycles. The lowest BCUT2D eigenvalue weighted by Crippen LogP contribution is -2.00. The second kappa shape index (κ2) is 5.28. The van der Waals surface area contributed by atoms with Gasteiger partial charge in [-0.3, -0.25) is 0 Å². The van der Waals surface area contributed by atoms with Gasteiger partial charge in [-0.1, -0.05) is 17.7 Å². The van der Waals surface area contributed by atoms with Gasteiger partial charge in [0.05, 0.1) is 5.39 Å². The van der Waals surface area contributed by atoms with Crippen molar-refractivity contribution in [2.24, 2.45) is 0 Å². The second-order valence-corrected chi connectivity index (χ2v) is 6.73. The van der Waals surface area contributed by atoms with Gasteiger partial charge in [0.2, 0.25) is 0 Å². The van der Waals surface area contributed by atoms with E-state index in [0.29, 0.717) is 0 Å². The molecule has 1 N–H and O–H groups in total. The summed E-state index contributed by atoms with van der Waals surface area (Å²) >= 11 is 7.90. The summed E-state index contributed by atoms with van der Waals surface area (Å²) < 4.78 is 0. The Morgan fingerprint density at radius 1 is 1.05 bits per heavy atom. The third kappa shape index (κ3) is 2.49. The molecular weight excluding hydrogens is 302 g/mol. The van der Waals surface area contributed by atoms with E-state index in [1.165, 1.54) is 10.4 Å². The maximum atomic E-state index is 6.19. The number of fused-ring (bicyclic) bond motifs is 1. The molecule has 0 spiro atoms. The van der Waals surface area contributed by atoms with E-state index in [1.807, 2.05) is 32.0 Å². The van der Waals surface area contributed by atoms with Crippen molar-refractivity contribution in [3.63, 3.8) is 0 Å². The molecule has 0 radical (unpaired) electrons. The SMILES string of the molecule is Cc1nc(Nc2cccc(Cl)c2C)c2c(C)c(C)sc2n1. The first-order valence-electron chi connectivity index (χ1n) is 6.74. The Morgan fingerprint density at radius 2 is 1.81 bits per heavy atom. The van der Waals surface area contributed by atoms with Crippen LogP contribution in [-0.2, 0) is 0 Å². The Hall–Kier alpha value is -1.65. The van der Waals surface area contributed by atoms with Crippen molar-refractivity contribution < 1.29 is 0 Å². The molecule has 5 heteroatoms. The number of aromatic nitrogens is 2. The number of benzene rings is 1. The molecular formula is C16H16ClN3S. The Labute approximate surface area is 133 Å². The maximum absolute atomic E-state index is 6.19. The van der Waals surface area contributed by atoms with Crippen LogP contribution >= 0.6 is 22.9 Å². The zero-order valence-corrected chi connectivity index (χ0v) is 14.0. The summed E-state index contributed by atoms with van der Waals surface area (Å²) in [5, 5.41) is 5.27. The molecule has 0 amide bonds. The van der Waals surface area contributed by atoms with Gasteiger partial charge in [0.25, 0.3) is 0 Å². The van der Waals surface area contributed by atoms with E-state index < -0.39 is 0 Å². The maximum Gasteiger partial charge on any atom is 0.143 e. The molecule has 2 heterocycles. The highest BCUT2D eigenvalue weighted by Gasteiger charge is 2.14. The van der Waals surface area contributed by atoms with Crippen molar-refractivity contribution in [3.05, 3.63) is 45.1 Å². The molecule has 0 bridgehead atoms. The lowest BCUT2D eigenvalue weighted by molar-refractivity contribution is 1.10. The molecule has 0 saturated carbocycles. The Morgan fingerprint density at radius 3 is 2.57 bits per heavy atom. The van der Waals surface area contributed by atoms with Gasteiger partial charge < -0.3 is 5.32 Å². The van der Waals surface area contributed by atoms with Gasteiger partial charge in [-0.25, -0.2) is 9.97 Å². The number of hydrogen-bond donors (Lipinski definition) is 1. The molecule has 3 rings (SSSR count). The fourth-order valence-corrected chi connectivity index (χ4v) is 3.57. The Balaban J connectivity index is 2.18. The molecule has 108 valence electrons. The molecule has 0 saturated heterocycles. The van der Waals surface area contributed by atoms with Crippen LogP contribution in [0.3, 0.4) is 0 Å². The third-order valence-electron chi connectivity index (χ3n) is 3.66. The average molecular weight is 318 g/mol. The summed E-state index contributed by atoms with van der Waals surface area (Å²) in [4.78, 5) is 11.4. The topological polar surface area (TPSA) is 37.8 Å². The van der Waals surface area contributed by atoms with Gasteiger partial charge in [0, 0.05) is 15.6 Å². The van der Waals surface area contributed by atoms with Gasteiger partial charge in [-0.15, -0.1) is 11.3 Å². The van der Waals surface area contributed by atoms with E-state index in [2.05, 4.69) is 29.1 Å². The predicted octanol–water partition coefficient (Wildman–Crippen LogP) is 5.32. The number of aryl methyl sites for hydroxylation is 3. The van der Waals surface area contributed by atoms with Crippen LogP contribution in [0.2, 0.25) is 5.02 Å². The summed E-state index contributed by atoms with van der Waals surface area (Å²) in [5.41, 5.74) is 3.23. The van der Waals surface area contributed by atoms with Crippen LogP contribution in [0.5, 0.6) is 0 Å². The molecule has 21 heavy (non-hydrogen) atoms. The Kier molecular flexibility index (Phi) is 3.59. The largest absolute Gasteiger partial charge is 0.339 e. The summed E-state index contributed by atoms with van der Waals surface area (Å²) in [6, 6.07) is 5.84. The first-order chi connectivity index (χ1) is 9.97. The molecule has 0 aliphatic rings. The summed E-state index contributed by atoms with van der Waals surface area (Å²) in [6.45, 7) is 8.15. The van der Waals surface area contributed by atoms with Crippen LogP contribution in [0.15, 0.2) is 18.2 Å². The number of anilines is 2. The van der Waals surface area contributed by atoms with Gasteiger partial charge in [-0.05, 0) is 51.0 Å². The lowest BCUT2D eigenvalue weighted by Gasteiger charge is -2.12. The molecule has 1 aromatic carbocycles. The predicted molar refractivity (Wildman–Crippen MR) is 91.1 cm³/mol. The lowest BCUT2D eigenvalue weighted by atomic mass is 10.1. The summed E-state index contributed by atoms with van der Waals surface area (Å²) in [5.74, 6) is 1.62. The third-order valence-corrected chi connectivity index (χ3v) is 5.17. The minimum Gasteiger partial charge on any atom is -0.339 e. The number of halogens is 1. The highest BCUT2D eigenvalue weighted by Crippen LogP contribution is 2.35. The van der Waals surface area contributed by atoms with Crippen LogP contribution in [-0.4, -0.2) is 9.97 Å². The standard InChI is InChI=1S/C16H16ClN3S/c1-8-10(3)21-16-14(8)15(18-11(4)19-16)20-13-7-5-6-12(17)9(13)2/h5-7H,1-4H3,(H,18,19,20). The molecule has 3 nitrogen and oxygen atoms in total. The molecule has 0 fully saturated rings. The normalized spacial score (nSPS) is 11.1. The smallest absolute Gasteiger partial charge is 0.143 e. The summed E-state index contributed by atoms with van der Waals surface area (Å²) in [7, 11) is 0. The van der Waals surface area contributed by atoms with Crippen LogP contribution in [0, 0.1) is 27.7 Å². The van der Waals surface area contributed by atoms with E-state index in [1.54, 1.807) is 11.3 Å². The number of hydrogen-bond acceptors (Lipinski definition) is 4. The van der Waals surface area contributed by atoms with Crippen molar-refractivity contribution in [1.82, 2.24) is 9.97 Å². The van der Waals surface area contributed by atoms with E-state index in [0.717, 1.165) is 38.1 Å². The zero-order valence-electron chi connectivity index (χ0n) is 12.4. The Bertz CT molecular complexity index is 839. The van der Waals surface area contributed by atoms with Crippen molar-refractivity contribution >= 4 is 44.7 Å². The molecule has 0 aliphatic heterocycles. The minimum absolute atomic E-state index is 0.750. The average Bonchev–Trinajstić information content (AvgIpc) is 2.70. The fraction of sp³-hybridized carbons (Fsp3) is 0.250. The van der Waals surface area contributed by atoms with E-state index >= 15 is 0 Å². The number of rotatable bonds is 2. The van der Waals surface area contributed by atoms with Crippen LogP contribution < -0.4 is 5.32 Å². The van der Waals surface area contributed by atoms with Gasteiger partial charge in [-0.2, -0.15) is 0 Å². The van der Waals surface area contributed by atoms with Crippen molar-refractivity contribution in [1.29, 1.82) is 0 Å². The number of nitrogens with one attached hydrogen (secondary N) is 1. The van der Waals surface area contributed by atoms with Gasteiger partial charge >= 0.3 is 0 Å². The first-order valence-corrected chi connectivity index (χ1v) is 7.93. The second-order valence-electron chi connectivity index (χ2n) is 5.12. The molecule has 0 atom stereocenters. The molecule has 3 aromatic rings. The molecule has 0 unspecified atom stereocenters. The van der Waals surface area contributed by atoms with E-state index in [4.69, 9.17) is 11.6 Å². The zero-order chi connectivity index (χ0) is 15.1. The first kappa shape index (κ1) is 14.3.